The quantitative estimate of drug-likeness (QED) is 0.791. The Balaban J connectivity index is 2.65. The number of carbonyl (C=O) groups is 1. The number of nitrogens with two attached hydrogens (primary N) is 1. The van der Waals surface area contributed by atoms with Gasteiger partial charge in [-0.25, -0.2) is 0 Å². The van der Waals surface area contributed by atoms with Crippen molar-refractivity contribution >= 4 is 5.91 Å². The molecule has 1 atom stereocenters. The maximum atomic E-state index is 12.4. The summed E-state index contributed by atoms with van der Waals surface area (Å²) in [6.07, 6.45) is 0.383. The van der Waals surface area contributed by atoms with Crippen LogP contribution in [0.1, 0.15) is 25.8 Å². The van der Waals surface area contributed by atoms with Crippen molar-refractivity contribution in [3.05, 3.63) is 35.9 Å². The highest BCUT2D eigenvalue weighted by Gasteiger charge is 2.18. The summed E-state index contributed by atoms with van der Waals surface area (Å²) in [5, 5.41) is 0. The number of hydrogen-bond donors (Lipinski definition) is 1. The van der Waals surface area contributed by atoms with Gasteiger partial charge in [-0.05, 0) is 11.5 Å². The summed E-state index contributed by atoms with van der Waals surface area (Å²) in [7, 11) is 1.64. The molecule has 4 nitrogen and oxygen atoms in total. The number of amides is 1. The van der Waals surface area contributed by atoms with Crippen molar-refractivity contribution in [2.45, 2.75) is 32.9 Å². The predicted octanol–water partition coefficient (Wildman–Crippen LogP) is 2.04. The third-order valence-corrected chi connectivity index (χ3v) is 3.40. The molecule has 0 spiro atoms. The van der Waals surface area contributed by atoms with E-state index in [0.29, 0.717) is 32.0 Å². The van der Waals surface area contributed by atoms with E-state index in [9.17, 15) is 4.79 Å². The number of ether oxygens (including phenoxy) is 1. The van der Waals surface area contributed by atoms with Crippen molar-refractivity contribution < 1.29 is 9.53 Å². The highest BCUT2D eigenvalue weighted by atomic mass is 16.5. The van der Waals surface area contributed by atoms with Gasteiger partial charge in [-0.15, -0.1) is 0 Å². The maximum Gasteiger partial charge on any atom is 0.224 e. The molecule has 0 aromatic heterocycles. The fourth-order valence-corrected chi connectivity index (χ4v) is 1.86. The van der Waals surface area contributed by atoms with Crippen molar-refractivity contribution in [3.63, 3.8) is 0 Å². The number of methoxy groups -OCH3 is 1. The Morgan fingerprint density at radius 1 is 1.30 bits per heavy atom. The SMILES string of the molecule is COCCN(Cc1ccccc1)C(=O)CC(N)C(C)C. The Hall–Kier alpha value is -1.39. The van der Waals surface area contributed by atoms with Crippen LogP contribution in [0.15, 0.2) is 30.3 Å². The summed E-state index contributed by atoms with van der Waals surface area (Å²) in [6, 6.07) is 9.88. The van der Waals surface area contributed by atoms with Crippen LogP contribution in [-0.4, -0.2) is 37.1 Å². The molecule has 112 valence electrons. The summed E-state index contributed by atoms with van der Waals surface area (Å²) in [5.74, 6) is 0.395. The largest absolute Gasteiger partial charge is 0.383 e. The second-order valence-corrected chi connectivity index (χ2v) is 5.41. The second-order valence-electron chi connectivity index (χ2n) is 5.41. The van der Waals surface area contributed by atoms with Crippen molar-refractivity contribution in [2.24, 2.45) is 11.7 Å². The molecule has 0 saturated carbocycles. The molecule has 1 aromatic carbocycles. The van der Waals surface area contributed by atoms with Crippen molar-refractivity contribution in [3.8, 4) is 0 Å². The molecule has 1 rings (SSSR count). The zero-order valence-electron chi connectivity index (χ0n) is 12.7. The number of benzene rings is 1. The minimum absolute atomic E-state index is 0.0899. The van der Waals surface area contributed by atoms with Gasteiger partial charge in [0.2, 0.25) is 5.91 Å². The van der Waals surface area contributed by atoms with E-state index in [-0.39, 0.29) is 11.9 Å². The molecule has 0 aliphatic rings. The van der Waals surface area contributed by atoms with Crippen LogP contribution in [0.2, 0.25) is 0 Å². The average molecular weight is 278 g/mol. The van der Waals surface area contributed by atoms with Crippen molar-refractivity contribution in [2.75, 3.05) is 20.3 Å². The third kappa shape index (κ3) is 5.72. The second kappa shape index (κ2) is 8.72. The molecular formula is C16H26N2O2. The van der Waals surface area contributed by atoms with Gasteiger partial charge < -0.3 is 15.4 Å². The van der Waals surface area contributed by atoms with Crippen LogP contribution in [-0.2, 0) is 16.1 Å². The highest BCUT2D eigenvalue weighted by molar-refractivity contribution is 5.76. The Morgan fingerprint density at radius 2 is 1.95 bits per heavy atom. The highest BCUT2D eigenvalue weighted by Crippen LogP contribution is 2.10. The zero-order chi connectivity index (χ0) is 15.0. The van der Waals surface area contributed by atoms with Crippen LogP contribution in [0.4, 0.5) is 0 Å². The first kappa shape index (κ1) is 16.7. The summed E-state index contributed by atoms with van der Waals surface area (Å²) < 4.78 is 5.09. The monoisotopic (exact) mass is 278 g/mol. The summed E-state index contributed by atoms with van der Waals surface area (Å²) in [5.41, 5.74) is 7.12. The number of rotatable bonds is 8. The number of carbonyl (C=O) groups excluding carboxylic acids is 1. The zero-order valence-corrected chi connectivity index (χ0v) is 12.7. The van der Waals surface area contributed by atoms with E-state index in [1.807, 2.05) is 49.1 Å². The summed E-state index contributed by atoms with van der Waals surface area (Å²) in [4.78, 5) is 14.2. The van der Waals surface area contributed by atoms with E-state index in [1.54, 1.807) is 7.11 Å². The molecule has 2 N–H and O–H groups in total. The Morgan fingerprint density at radius 3 is 2.50 bits per heavy atom. The van der Waals surface area contributed by atoms with Gasteiger partial charge in [0.05, 0.1) is 6.61 Å². The standard InChI is InChI=1S/C16H26N2O2/c1-13(2)15(17)11-16(19)18(9-10-20-3)12-14-7-5-4-6-8-14/h4-8,13,15H,9-12,17H2,1-3H3. The van der Waals surface area contributed by atoms with Gasteiger partial charge in [0.25, 0.3) is 0 Å². The fraction of sp³-hybridized carbons (Fsp3) is 0.562. The van der Waals surface area contributed by atoms with E-state index in [1.165, 1.54) is 0 Å². The van der Waals surface area contributed by atoms with Crippen LogP contribution >= 0.6 is 0 Å². The normalized spacial score (nSPS) is 12.4. The minimum atomic E-state index is -0.0941. The van der Waals surface area contributed by atoms with E-state index < -0.39 is 0 Å². The van der Waals surface area contributed by atoms with Crippen LogP contribution in [0.3, 0.4) is 0 Å². The van der Waals surface area contributed by atoms with Gasteiger partial charge in [-0.3, -0.25) is 4.79 Å². The lowest BCUT2D eigenvalue weighted by atomic mass is 10.0. The Bertz CT molecular complexity index is 393. The molecule has 0 saturated heterocycles. The summed E-state index contributed by atoms with van der Waals surface area (Å²) in [6.45, 7) is 5.81. The molecule has 0 radical (unpaired) electrons. The smallest absolute Gasteiger partial charge is 0.224 e. The van der Waals surface area contributed by atoms with Gasteiger partial charge >= 0.3 is 0 Å². The molecule has 0 fully saturated rings. The summed E-state index contributed by atoms with van der Waals surface area (Å²) >= 11 is 0. The topological polar surface area (TPSA) is 55.6 Å². The van der Waals surface area contributed by atoms with Gasteiger partial charge in [-0.2, -0.15) is 0 Å². The molecule has 0 aliphatic heterocycles. The molecular weight excluding hydrogens is 252 g/mol. The van der Waals surface area contributed by atoms with Crippen LogP contribution < -0.4 is 5.73 Å². The lowest BCUT2D eigenvalue weighted by Gasteiger charge is -2.25. The third-order valence-electron chi connectivity index (χ3n) is 3.40. The van der Waals surface area contributed by atoms with Crippen LogP contribution in [0.25, 0.3) is 0 Å². The molecule has 0 aliphatic carbocycles. The van der Waals surface area contributed by atoms with Gasteiger partial charge in [0, 0.05) is 32.7 Å². The minimum Gasteiger partial charge on any atom is -0.383 e. The molecule has 1 unspecified atom stereocenters. The number of nitrogens with zero attached hydrogens (tertiary/aromatic N) is 1. The average Bonchev–Trinajstić information content (AvgIpc) is 2.44. The van der Waals surface area contributed by atoms with Gasteiger partial charge in [0.15, 0.2) is 0 Å². The van der Waals surface area contributed by atoms with Gasteiger partial charge in [-0.1, -0.05) is 44.2 Å². The number of hydrogen-bond acceptors (Lipinski definition) is 3. The molecule has 0 heterocycles. The molecule has 4 heteroatoms. The Kier molecular flexibility index (Phi) is 7.26. The Labute approximate surface area is 121 Å². The first-order chi connectivity index (χ1) is 9.54. The van der Waals surface area contributed by atoms with E-state index >= 15 is 0 Å². The predicted molar refractivity (Wildman–Crippen MR) is 81.2 cm³/mol. The first-order valence-electron chi connectivity index (χ1n) is 7.10. The van der Waals surface area contributed by atoms with Crippen molar-refractivity contribution in [1.82, 2.24) is 4.90 Å². The van der Waals surface area contributed by atoms with Crippen LogP contribution in [0.5, 0.6) is 0 Å². The first-order valence-corrected chi connectivity index (χ1v) is 7.10. The molecule has 1 amide bonds. The van der Waals surface area contributed by atoms with Crippen molar-refractivity contribution in [1.29, 1.82) is 0 Å². The fourth-order valence-electron chi connectivity index (χ4n) is 1.86. The maximum absolute atomic E-state index is 12.4. The molecule has 0 bridgehead atoms. The molecule has 20 heavy (non-hydrogen) atoms. The van der Waals surface area contributed by atoms with E-state index in [0.717, 1.165) is 5.56 Å². The van der Waals surface area contributed by atoms with Crippen LogP contribution in [0, 0.1) is 5.92 Å². The van der Waals surface area contributed by atoms with E-state index in [2.05, 4.69) is 0 Å². The van der Waals surface area contributed by atoms with Gasteiger partial charge in [0.1, 0.15) is 0 Å². The molecule has 1 aromatic rings. The lowest BCUT2D eigenvalue weighted by molar-refractivity contribution is -0.133. The lowest BCUT2D eigenvalue weighted by Crippen LogP contribution is -2.39. The van der Waals surface area contributed by atoms with E-state index in [4.69, 9.17) is 10.5 Å².